The highest BCUT2D eigenvalue weighted by molar-refractivity contribution is 7.99. The lowest BCUT2D eigenvalue weighted by molar-refractivity contribution is -0.117. The number of hydrogen-bond donors (Lipinski definition) is 2. The first-order valence-electron chi connectivity index (χ1n) is 10.4. The maximum Gasteiger partial charge on any atom is 0.321 e. The summed E-state index contributed by atoms with van der Waals surface area (Å²) in [7, 11) is 1.55. The van der Waals surface area contributed by atoms with Crippen molar-refractivity contribution in [3.63, 3.8) is 0 Å². The second kappa shape index (κ2) is 11.7. The second-order valence-corrected chi connectivity index (χ2v) is 8.95. The predicted octanol–water partition coefficient (Wildman–Crippen LogP) is 4.56. The molecule has 2 N–H and O–H groups in total. The van der Waals surface area contributed by atoms with E-state index in [1.54, 1.807) is 19.2 Å². The number of aromatic nitrogens is 3. The van der Waals surface area contributed by atoms with Gasteiger partial charge in [-0.2, -0.15) is 0 Å². The van der Waals surface area contributed by atoms with Gasteiger partial charge in [0, 0.05) is 12.1 Å². The van der Waals surface area contributed by atoms with Crippen LogP contribution in [0.2, 0.25) is 5.02 Å². The van der Waals surface area contributed by atoms with E-state index < -0.39 is 11.9 Å². The Morgan fingerprint density at radius 1 is 1.15 bits per heavy atom. The number of amides is 3. The Morgan fingerprint density at radius 2 is 1.91 bits per heavy atom. The molecule has 10 heteroatoms. The fourth-order valence-corrected chi connectivity index (χ4v) is 3.98. The minimum absolute atomic E-state index is 0.00555. The normalized spacial score (nSPS) is 10.8. The van der Waals surface area contributed by atoms with Crippen LogP contribution < -0.4 is 15.4 Å². The molecule has 0 bridgehead atoms. The number of halogens is 1. The van der Waals surface area contributed by atoms with Crippen molar-refractivity contribution in [1.29, 1.82) is 0 Å². The van der Waals surface area contributed by atoms with Gasteiger partial charge in [0.25, 0.3) is 0 Å². The van der Waals surface area contributed by atoms with E-state index in [-0.39, 0.29) is 5.75 Å². The Balaban J connectivity index is 1.78. The number of nitrogens with zero attached hydrogens (tertiary/aromatic N) is 3. The van der Waals surface area contributed by atoms with E-state index in [1.807, 2.05) is 41.0 Å². The fourth-order valence-electron chi connectivity index (χ4n) is 2.98. The van der Waals surface area contributed by atoms with Crippen molar-refractivity contribution in [3.8, 4) is 22.8 Å². The molecule has 1 heterocycles. The lowest BCUT2D eigenvalue weighted by atomic mass is 10.1. The van der Waals surface area contributed by atoms with Gasteiger partial charge in [-0.1, -0.05) is 67.5 Å². The van der Waals surface area contributed by atoms with Crippen LogP contribution in [0.1, 0.15) is 20.3 Å². The Morgan fingerprint density at radius 3 is 2.58 bits per heavy atom. The number of ether oxygens (including phenoxy) is 1. The molecule has 3 aromatic rings. The van der Waals surface area contributed by atoms with Gasteiger partial charge in [-0.15, -0.1) is 10.2 Å². The highest BCUT2D eigenvalue weighted by atomic mass is 35.5. The van der Waals surface area contributed by atoms with Crippen molar-refractivity contribution < 1.29 is 14.3 Å². The summed E-state index contributed by atoms with van der Waals surface area (Å²) in [6.45, 7) is 4.64. The number of imide groups is 1. The van der Waals surface area contributed by atoms with E-state index in [4.69, 9.17) is 16.3 Å². The molecular formula is C23H26ClN5O3S. The van der Waals surface area contributed by atoms with Gasteiger partial charge < -0.3 is 10.1 Å². The molecule has 0 radical (unpaired) electrons. The number of benzene rings is 2. The van der Waals surface area contributed by atoms with Crippen LogP contribution in [0, 0.1) is 5.92 Å². The fraction of sp³-hybridized carbons (Fsp3) is 0.304. The Hall–Kier alpha value is -3.04. The molecule has 0 aliphatic heterocycles. The number of urea groups is 1. The van der Waals surface area contributed by atoms with Crippen LogP contribution >= 0.6 is 23.4 Å². The smallest absolute Gasteiger partial charge is 0.321 e. The van der Waals surface area contributed by atoms with Crippen LogP contribution in [0.5, 0.6) is 5.75 Å². The summed E-state index contributed by atoms with van der Waals surface area (Å²) >= 11 is 7.52. The summed E-state index contributed by atoms with van der Waals surface area (Å²) < 4.78 is 7.07. The standard InChI is InChI=1S/C23H26ClN5O3S/c1-15(2)11-12-25-22(31)26-20(30)14-33-23-28-27-21(16-7-5-4-6-8-16)29(23)17-9-10-19(32-3)18(24)13-17/h4-10,13,15H,11-12,14H2,1-3H3,(H2,25,26,30,31). The molecule has 3 amide bonds. The van der Waals surface area contributed by atoms with Gasteiger partial charge >= 0.3 is 6.03 Å². The van der Waals surface area contributed by atoms with Crippen molar-refractivity contribution in [3.05, 3.63) is 53.6 Å². The molecule has 2 aromatic carbocycles. The molecule has 0 atom stereocenters. The van der Waals surface area contributed by atoms with Crippen molar-refractivity contribution in [2.45, 2.75) is 25.4 Å². The van der Waals surface area contributed by atoms with E-state index >= 15 is 0 Å². The number of methoxy groups -OCH3 is 1. The van der Waals surface area contributed by atoms with Gasteiger partial charge in [0.1, 0.15) is 5.75 Å². The van der Waals surface area contributed by atoms with Crippen LogP contribution in [0.25, 0.3) is 17.1 Å². The minimum Gasteiger partial charge on any atom is -0.495 e. The molecule has 0 saturated carbocycles. The number of carbonyl (C=O) groups is 2. The number of hydrogen-bond acceptors (Lipinski definition) is 6. The average Bonchev–Trinajstić information content (AvgIpc) is 3.22. The molecule has 0 fully saturated rings. The number of carbonyl (C=O) groups excluding carboxylic acids is 2. The van der Waals surface area contributed by atoms with Crippen molar-refractivity contribution in [2.24, 2.45) is 5.92 Å². The summed E-state index contributed by atoms with van der Waals surface area (Å²) in [5.41, 5.74) is 1.58. The zero-order valence-corrected chi connectivity index (χ0v) is 20.2. The Bertz CT molecular complexity index is 1100. The summed E-state index contributed by atoms with van der Waals surface area (Å²) in [6, 6.07) is 14.4. The predicted molar refractivity (Wildman–Crippen MR) is 130 cm³/mol. The van der Waals surface area contributed by atoms with E-state index in [0.29, 0.717) is 34.2 Å². The van der Waals surface area contributed by atoms with Crippen LogP contribution in [0.3, 0.4) is 0 Å². The molecule has 0 aliphatic rings. The number of nitrogens with one attached hydrogen (secondary N) is 2. The zero-order chi connectivity index (χ0) is 23.8. The first kappa shape index (κ1) is 24.6. The number of rotatable bonds is 9. The van der Waals surface area contributed by atoms with Crippen LogP contribution in [0.4, 0.5) is 4.79 Å². The second-order valence-electron chi connectivity index (χ2n) is 7.60. The third-order valence-corrected chi connectivity index (χ3v) is 5.88. The average molecular weight is 488 g/mol. The summed E-state index contributed by atoms with van der Waals surface area (Å²) in [4.78, 5) is 24.2. The molecule has 0 aliphatic carbocycles. The third kappa shape index (κ3) is 6.72. The van der Waals surface area contributed by atoms with Gasteiger partial charge in [0.2, 0.25) is 5.91 Å². The van der Waals surface area contributed by atoms with Crippen LogP contribution in [-0.2, 0) is 4.79 Å². The van der Waals surface area contributed by atoms with Gasteiger partial charge in [0.15, 0.2) is 11.0 Å². The van der Waals surface area contributed by atoms with Crippen molar-refractivity contribution >= 4 is 35.3 Å². The molecule has 33 heavy (non-hydrogen) atoms. The topological polar surface area (TPSA) is 98.1 Å². The lowest BCUT2D eigenvalue weighted by Crippen LogP contribution is -2.40. The maximum atomic E-state index is 12.3. The highest BCUT2D eigenvalue weighted by Gasteiger charge is 2.19. The molecular weight excluding hydrogens is 462 g/mol. The zero-order valence-electron chi connectivity index (χ0n) is 18.7. The molecule has 8 nitrogen and oxygen atoms in total. The first-order chi connectivity index (χ1) is 15.9. The van der Waals surface area contributed by atoms with E-state index in [9.17, 15) is 9.59 Å². The lowest BCUT2D eigenvalue weighted by Gasteiger charge is -2.12. The first-order valence-corrected chi connectivity index (χ1v) is 11.8. The molecule has 174 valence electrons. The van der Waals surface area contributed by atoms with Gasteiger partial charge in [-0.25, -0.2) is 4.79 Å². The molecule has 0 saturated heterocycles. The van der Waals surface area contributed by atoms with Crippen molar-refractivity contribution in [1.82, 2.24) is 25.4 Å². The highest BCUT2D eigenvalue weighted by Crippen LogP contribution is 2.32. The summed E-state index contributed by atoms with van der Waals surface area (Å²) in [5, 5.41) is 14.6. The maximum absolute atomic E-state index is 12.3. The molecule has 0 unspecified atom stereocenters. The van der Waals surface area contributed by atoms with Crippen LogP contribution in [-0.4, -0.2) is 46.1 Å². The van der Waals surface area contributed by atoms with E-state index in [2.05, 4.69) is 34.7 Å². The largest absolute Gasteiger partial charge is 0.495 e. The molecule has 3 rings (SSSR count). The van der Waals surface area contributed by atoms with Gasteiger partial charge in [-0.3, -0.25) is 14.7 Å². The van der Waals surface area contributed by atoms with Gasteiger partial charge in [-0.05, 0) is 30.5 Å². The Labute approximate surface area is 202 Å². The summed E-state index contributed by atoms with van der Waals surface area (Å²) in [5.74, 6) is 1.19. The monoisotopic (exact) mass is 487 g/mol. The third-order valence-electron chi connectivity index (χ3n) is 4.65. The molecule has 1 aromatic heterocycles. The quantitative estimate of drug-likeness (QED) is 0.429. The van der Waals surface area contributed by atoms with Gasteiger partial charge in [0.05, 0.1) is 23.6 Å². The summed E-state index contributed by atoms with van der Waals surface area (Å²) in [6.07, 6.45) is 0.839. The number of thioether (sulfide) groups is 1. The molecule has 0 spiro atoms. The van der Waals surface area contributed by atoms with E-state index in [1.165, 1.54) is 11.8 Å². The van der Waals surface area contributed by atoms with E-state index in [0.717, 1.165) is 17.7 Å². The van der Waals surface area contributed by atoms with Crippen molar-refractivity contribution in [2.75, 3.05) is 19.4 Å². The minimum atomic E-state index is -0.505. The Kier molecular flexibility index (Phi) is 8.73. The van der Waals surface area contributed by atoms with Crippen LogP contribution in [0.15, 0.2) is 53.7 Å². The SMILES string of the molecule is COc1ccc(-n2c(SCC(=O)NC(=O)NCCC(C)C)nnc2-c2ccccc2)cc1Cl.